The van der Waals surface area contributed by atoms with E-state index in [1.807, 2.05) is 53.4 Å². The molecule has 4 rings (SSSR count). The van der Waals surface area contributed by atoms with Gasteiger partial charge in [-0.15, -0.1) is 0 Å². The van der Waals surface area contributed by atoms with E-state index in [4.69, 9.17) is 0 Å². The van der Waals surface area contributed by atoms with Crippen molar-refractivity contribution in [3.8, 4) is 0 Å². The summed E-state index contributed by atoms with van der Waals surface area (Å²) in [6.07, 6.45) is 2.54. The molecule has 0 aliphatic carbocycles. The van der Waals surface area contributed by atoms with Crippen LogP contribution in [0.15, 0.2) is 89.8 Å². The Kier molecular flexibility index (Phi) is 7.02. The third kappa shape index (κ3) is 5.26. The normalized spacial score (nSPS) is 14.4. The molecule has 6 heteroatoms. The molecule has 1 amide bonds. The van der Waals surface area contributed by atoms with Gasteiger partial charge in [0, 0.05) is 31.7 Å². The highest BCUT2D eigenvalue weighted by Gasteiger charge is 2.27. The first kappa shape index (κ1) is 22.2. The van der Waals surface area contributed by atoms with Crippen molar-refractivity contribution in [2.45, 2.75) is 30.7 Å². The molecule has 32 heavy (non-hydrogen) atoms. The molecule has 1 saturated heterocycles. The van der Waals surface area contributed by atoms with Crippen molar-refractivity contribution in [1.29, 1.82) is 0 Å². The number of amides is 1. The topological polar surface area (TPSA) is 57.7 Å². The van der Waals surface area contributed by atoms with Gasteiger partial charge in [-0.3, -0.25) is 4.79 Å². The Morgan fingerprint density at radius 1 is 0.781 bits per heavy atom. The van der Waals surface area contributed by atoms with E-state index >= 15 is 0 Å². The molecule has 0 unspecified atom stereocenters. The maximum atomic E-state index is 13.4. The monoisotopic (exact) mass is 448 g/mol. The fourth-order valence-electron chi connectivity index (χ4n) is 3.99. The average molecular weight is 449 g/mol. The molecule has 3 aromatic carbocycles. The van der Waals surface area contributed by atoms with Crippen LogP contribution in [-0.4, -0.2) is 43.2 Å². The fourth-order valence-corrected chi connectivity index (χ4v) is 5.51. The second-order valence-corrected chi connectivity index (χ2v) is 10.0. The Morgan fingerprint density at radius 3 is 1.94 bits per heavy atom. The molecule has 1 aliphatic rings. The van der Waals surface area contributed by atoms with Crippen LogP contribution in [0, 0.1) is 0 Å². The van der Waals surface area contributed by atoms with Crippen molar-refractivity contribution in [2.24, 2.45) is 0 Å². The van der Waals surface area contributed by atoms with Gasteiger partial charge in [0.1, 0.15) is 0 Å². The maximum Gasteiger partial charge on any atom is 0.254 e. The Bertz CT molecular complexity index is 1120. The van der Waals surface area contributed by atoms with Gasteiger partial charge in [-0.25, -0.2) is 8.42 Å². The average Bonchev–Trinajstić information content (AvgIpc) is 3.39. The smallest absolute Gasteiger partial charge is 0.254 e. The first-order valence-electron chi connectivity index (χ1n) is 11.0. The third-order valence-corrected chi connectivity index (χ3v) is 7.73. The summed E-state index contributed by atoms with van der Waals surface area (Å²) in [4.78, 5) is 15.4. The van der Waals surface area contributed by atoms with E-state index < -0.39 is 10.0 Å². The summed E-state index contributed by atoms with van der Waals surface area (Å²) in [5, 5.41) is 0. The lowest BCUT2D eigenvalue weighted by Gasteiger charge is -2.23. The molecule has 1 aliphatic heterocycles. The molecule has 3 aromatic rings. The van der Waals surface area contributed by atoms with Gasteiger partial charge in [0.05, 0.1) is 4.90 Å². The van der Waals surface area contributed by atoms with Gasteiger partial charge in [-0.2, -0.15) is 4.31 Å². The van der Waals surface area contributed by atoms with Crippen LogP contribution in [-0.2, 0) is 23.0 Å². The van der Waals surface area contributed by atoms with Crippen LogP contribution < -0.4 is 0 Å². The van der Waals surface area contributed by atoms with Crippen molar-refractivity contribution >= 4 is 15.9 Å². The number of hydrogen-bond acceptors (Lipinski definition) is 3. The SMILES string of the molecule is O=C(c1ccc(S(=O)(=O)N2CCCC2)cc1)N(CCc1ccccc1)Cc1ccccc1. The summed E-state index contributed by atoms with van der Waals surface area (Å²) in [7, 11) is -3.49. The van der Waals surface area contributed by atoms with Crippen LogP contribution >= 0.6 is 0 Å². The van der Waals surface area contributed by atoms with Crippen molar-refractivity contribution < 1.29 is 13.2 Å². The highest BCUT2D eigenvalue weighted by molar-refractivity contribution is 7.89. The number of benzene rings is 3. The van der Waals surface area contributed by atoms with E-state index in [1.165, 1.54) is 9.87 Å². The van der Waals surface area contributed by atoms with E-state index in [0.29, 0.717) is 31.7 Å². The second kappa shape index (κ2) is 10.1. The van der Waals surface area contributed by atoms with Gasteiger partial charge in [-0.05, 0) is 54.7 Å². The minimum absolute atomic E-state index is 0.102. The van der Waals surface area contributed by atoms with Crippen LogP contribution in [0.3, 0.4) is 0 Å². The Morgan fingerprint density at radius 2 is 1.34 bits per heavy atom. The summed E-state index contributed by atoms with van der Waals surface area (Å²) < 4.78 is 27.1. The van der Waals surface area contributed by atoms with Crippen LogP contribution in [0.2, 0.25) is 0 Å². The van der Waals surface area contributed by atoms with Crippen LogP contribution in [0.5, 0.6) is 0 Å². The molecule has 0 radical (unpaired) electrons. The zero-order valence-electron chi connectivity index (χ0n) is 18.1. The second-order valence-electron chi connectivity index (χ2n) is 8.08. The number of nitrogens with zero attached hydrogens (tertiary/aromatic N) is 2. The molecule has 5 nitrogen and oxygen atoms in total. The predicted octanol–water partition coefficient (Wildman–Crippen LogP) is 4.36. The molecule has 0 spiro atoms. The first-order valence-corrected chi connectivity index (χ1v) is 12.5. The van der Waals surface area contributed by atoms with Crippen LogP contribution in [0.4, 0.5) is 0 Å². The zero-order chi connectivity index (χ0) is 22.4. The lowest BCUT2D eigenvalue weighted by atomic mass is 10.1. The molecule has 0 aromatic heterocycles. The summed E-state index contributed by atoms with van der Waals surface area (Å²) >= 11 is 0. The minimum Gasteiger partial charge on any atom is -0.334 e. The molecule has 1 heterocycles. The molecule has 1 fully saturated rings. The quantitative estimate of drug-likeness (QED) is 0.515. The molecular formula is C26H28N2O3S. The molecule has 166 valence electrons. The van der Waals surface area contributed by atoms with Gasteiger partial charge in [0.15, 0.2) is 0 Å². The van der Waals surface area contributed by atoms with E-state index in [-0.39, 0.29) is 10.8 Å². The summed E-state index contributed by atoms with van der Waals surface area (Å²) in [5.41, 5.74) is 2.72. The van der Waals surface area contributed by atoms with Gasteiger partial charge in [0.2, 0.25) is 10.0 Å². The molecule has 0 saturated carbocycles. The van der Waals surface area contributed by atoms with Crippen molar-refractivity contribution in [3.05, 3.63) is 102 Å². The third-order valence-electron chi connectivity index (χ3n) is 5.82. The highest BCUT2D eigenvalue weighted by Crippen LogP contribution is 2.22. The predicted molar refractivity (Wildman–Crippen MR) is 126 cm³/mol. The summed E-state index contributed by atoms with van der Waals surface area (Å²) in [6.45, 7) is 2.20. The van der Waals surface area contributed by atoms with E-state index in [0.717, 1.165) is 24.8 Å². The van der Waals surface area contributed by atoms with Gasteiger partial charge >= 0.3 is 0 Å². The van der Waals surface area contributed by atoms with E-state index in [9.17, 15) is 13.2 Å². The number of hydrogen-bond donors (Lipinski definition) is 0. The minimum atomic E-state index is -3.49. The van der Waals surface area contributed by atoms with Crippen LogP contribution in [0.1, 0.15) is 34.3 Å². The van der Waals surface area contributed by atoms with Gasteiger partial charge < -0.3 is 4.90 Å². The molecule has 0 bridgehead atoms. The first-order chi connectivity index (χ1) is 15.5. The Balaban J connectivity index is 1.52. The van der Waals surface area contributed by atoms with Crippen molar-refractivity contribution in [1.82, 2.24) is 9.21 Å². The van der Waals surface area contributed by atoms with Crippen molar-refractivity contribution in [3.63, 3.8) is 0 Å². The van der Waals surface area contributed by atoms with Crippen molar-refractivity contribution in [2.75, 3.05) is 19.6 Å². The summed E-state index contributed by atoms with van der Waals surface area (Å²) in [6, 6.07) is 26.4. The van der Waals surface area contributed by atoms with E-state index in [2.05, 4.69) is 12.1 Å². The van der Waals surface area contributed by atoms with E-state index in [1.54, 1.807) is 24.3 Å². The maximum absolute atomic E-state index is 13.4. The van der Waals surface area contributed by atoms with Crippen LogP contribution in [0.25, 0.3) is 0 Å². The number of rotatable bonds is 8. The fraction of sp³-hybridized carbons (Fsp3) is 0.269. The lowest BCUT2D eigenvalue weighted by molar-refractivity contribution is 0.0745. The van der Waals surface area contributed by atoms with Gasteiger partial charge in [0.25, 0.3) is 5.91 Å². The molecule has 0 atom stereocenters. The number of carbonyl (C=O) groups excluding carboxylic acids is 1. The Hall–Kier alpha value is -2.96. The zero-order valence-corrected chi connectivity index (χ0v) is 18.9. The highest BCUT2D eigenvalue weighted by atomic mass is 32.2. The number of carbonyl (C=O) groups is 1. The molecule has 0 N–H and O–H groups in total. The lowest BCUT2D eigenvalue weighted by Crippen LogP contribution is -2.32. The number of sulfonamides is 1. The largest absolute Gasteiger partial charge is 0.334 e. The molecular weight excluding hydrogens is 420 g/mol. The Labute approximate surface area is 190 Å². The van der Waals surface area contributed by atoms with Gasteiger partial charge in [-0.1, -0.05) is 60.7 Å². The summed E-state index contributed by atoms with van der Waals surface area (Å²) in [5.74, 6) is -0.102. The standard InChI is InChI=1S/C26H28N2O3S/c29-26(24-13-15-25(16-14-24)32(30,31)28-18-7-8-19-28)27(21-23-11-5-2-6-12-23)20-17-22-9-3-1-4-10-22/h1-6,9-16H,7-8,17-21H2.